The van der Waals surface area contributed by atoms with Crippen LogP contribution in [0.5, 0.6) is 0 Å². The van der Waals surface area contributed by atoms with Crippen molar-refractivity contribution in [3.63, 3.8) is 0 Å². The van der Waals surface area contributed by atoms with Crippen LogP contribution < -0.4 is 11.1 Å². The lowest BCUT2D eigenvalue weighted by atomic mass is 10.2. The molecule has 0 aliphatic carbocycles. The molecular weight excluding hydrogens is 228 g/mol. The maximum Gasteiger partial charge on any atom is 0.152 e. The van der Waals surface area contributed by atoms with Crippen molar-refractivity contribution in [1.29, 1.82) is 0 Å². The largest absolute Gasteiger partial charge is 0.393 e. The van der Waals surface area contributed by atoms with Crippen molar-refractivity contribution >= 4 is 12.1 Å². The summed E-state index contributed by atoms with van der Waals surface area (Å²) in [5, 5.41) is 3.00. The highest BCUT2D eigenvalue weighted by atomic mass is 15.3. The number of rotatable bonds is 3. The first-order chi connectivity index (χ1) is 8.63. The Morgan fingerprint density at radius 3 is 2.33 bits per heavy atom. The van der Waals surface area contributed by atoms with E-state index in [2.05, 4.69) is 32.1 Å². The quantitative estimate of drug-likeness (QED) is 0.534. The van der Waals surface area contributed by atoms with Crippen LogP contribution >= 0.6 is 0 Å². The molecule has 0 spiro atoms. The summed E-state index contributed by atoms with van der Waals surface area (Å²) < 4.78 is 0. The van der Waals surface area contributed by atoms with Gasteiger partial charge in [0, 0.05) is 46.5 Å². The van der Waals surface area contributed by atoms with Gasteiger partial charge in [0.1, 0.15) is 5.70 Å². The molecule has 1 rings (SSSR count). The van der Waals surface area contributed by atoms with E-state index >= 15 is 0 Å². The van der Waals surface area contributed by atoms with E-state index in [0.29, 0.717) is 11.5 Å². The van der Waals surface area contributed by atoms with Gasteiger partial charge in [-0.1, -0.05) is 0 Å². The molecule has 3 N–H and O–H groups in total. The summed E-state index contributed by atoms with van der Waals surface area (Å²) in [7, 11) is 5.70. The molecule has 1 saturated heterocycles. The monoisotopic (exact) mass is 252 g/mol. The highest BCUT2D eigenvalue weighted by Crippen LogP contribution is 2.07. The Kier molecular flexibility index (Phi) is 5.64. The fraction of sp³-hybridized carbons (Fsp3) is 0.667. The molecule has 0 amide bonds. The van der Waals surface area contributed by atoms with Gasteiger partial charge >= 0.3 is 0 Å². The zero-order valence-electron chi connectivity index (χ0n) is 11.8. The van der Waals surface area contributed by atoms with Crippen molar-refractivity contribution in [2.24, 2.45) is 15.7 Å². The van der Waals surface area contributed by atoms with Crippen molar-refractivity contribution in [1.82, 2.24) is 15.1 Å². The number of hydrogen-bond donors (Lipinski definition) is 2. The third kappa shape index (κ3) is 3.46. The Labute approximate surface area is 109 Å². The second-order valence-corrected chi connectivity index (χ2v) is 4.24. The number of piperazine rings is 1. The molecule has 0 atom stereocenters. The van der Waals surface area contributed by atoms with Crippen molar-refractivity contribution in [2.75, 3.05) is 47.3 Å². The highest BCUT2D eigenvalue weighted by molar-refractivity contribution is 5.98. The maximum absolute atomic E-state index is 6.15. The van der Waals surface area contributed by atoms with E-state index < -0.39 is 0 Å². The number of nitrogens with zero attached hydrogens (tertiary/aromatic N) is 4. The summed E-state index contributed by atoms with van der Waals surface area (Å²) in [6.07, 6.45) is 1.72. The molecule has 0 aromatic rings. The summed E-state index contributed by atoms with van der Waals surface area (Å²) in [5.41, 5.74) is 6.75. The van der Waals surface area contributed by atoms with Gasteiger partial charge in [0.05, 0.1) is 0 Å². The number of hydrogen-bond acceptors (Lipinski definition) is 5. The van der Waals surface area contributed by atoms with Gasteiger partial charge in [0.15, 0.2) is 11.7 Å². The average Bonchev–Trinajstić information content (AvgIpc) is 2.38. The molecular formula is C12H24N6. The summed E-state index contributed by atoms with van der Waals surface area (Å²) >= 11 is 0. The Hall–Kier alpha value is -1.56. The van der Waals surface area contributed by atoms with Gasteiger partial charge in [0.25, 0.3) is 0 Å². The summed E-state index contributed by atoms with van der Waals surface area (Å²) in [5.74, 6) is 1.48. The van der Waals surface area contributed by atoms with Gasteiger partial charge in [-0.15, -0.1) is 0 Å². The third-order valence-electron chi connectivity index (χ3n) is 3.01. The zero-order valence-corrected chi connectivity index (χ0v) is 11.8. The summed E-state index contributed by atoms with van der Waals surface area (Å²) in [6, 6.07) is 0. The number of amidine groups is 1. The second-order valence-electron chi connectivity index (χ2n) is 4.24. The molecule has 0 unspecified atom stereocenters. The van der Waals surface area contributed by atoms with E-state index in [0.717, 1.165) is 32.0 Å². The van der Waals surface area contributed by atoms with Crippen LogP contribution in [0.1, 0.15) is 6.92 Å². The molecule has 6 nitrogen and oxygen atoms in total. The lowest BCUT2D eigenvalue weighted by Gasteiger charge is -2.34. The summed E-state index contributed by atoms with van der Waals surface area (Å²) in [4.78, 5) is 13.0. The average molecular weight is 252 g/mol. The lowest BCUT2D eigenvalue weighted by Crippen LogP contribution is -2.48. The first-order valence-electron chi connectivity index (χ1n) is 6.20. The molecule has 1 fully saturated rings. The molecule has 1 aliphatic rings. The van der Waals surface area contributed by atoms with Crippen LogP contribution in [0.4, 0.5) is 0 Å². The third-order valence-corrected chi connectivity index (χ3v) is 3.01. The van der Waals surface area contributed by atoms with Crippen molar-refractivity contribution in [3.05, 3.63) is 11.5 Å². The van der Waals surface area contributed by atoms with Crippen LogP contribution in [0.25, 0.3) is 0 Å². The molecule has 102 valence electrons. The molecule has 6 heteroatoms. The smallest absolute Gasteiger partial charge is 0.152 e. The van der Waals surface area contributed by atoms with Crippen LogP contribution in [0, 0.1) is 0 Å². The normalized spacial score (nSPS) is 20.2. The number of nitrogens with one attached hydrogen (secondary N) is 1. The van der Waals surface area contributed by atoms with Crippen molar-refractivity contribution in [2.45, 2.75) is 6.92 Å². The SMILES string of the molecule is C/C=N/C(NC)=C(/N)C(=NC)N1CCN(C)CC1. The Bertz CT molecular complexity index is 350. The topological polar surface area (TPSA) is 69.2 Å². The van der Waals surface area contributed by atoms with Gasteiger partial charge in [0.2, 0.25) is 0 Å². The minimum absolute atomic E-state index is 0.600. The molecule has 0 aromatic carbocycles. The predicted octanol–water partition coefficient (Wildman–Crippen LogP) is -0.300. The molecule has 0 aromatic heterocycles. The number of aliphatic imine (C=N–C) groups is 2. The lowest BCUT2D eigenvalue weighted by molar-refractivity contribution is 0.215. The van der Waals surface area contributed by atoms with E-state index in [-0.39, 0.29) is 0 Å². The Morgan fingerprint density at radius 2 is 1.89 bits per heavy atom. The van der Waals surface area contributed by atoms with Crippen LogP contribution in [-0.4, -0.2) is 69.2 Å². The highest BCUT2D eigenvalue weighted by Gasteiger charge is 2.20. The van der Waals surface area contributed by atoms with E-state index in [1.807, 2.05) is 14.0 Å². The van der Waals surface area contributed by atoms with Crippen molar-refractivity contribution < 1.29 is 0 Å². The Balaban J connectivity index is 2.89. The van der Waals surface area contributed by atoms with Gasteiger partial charge in [-0.25, -0.2) is 4.99 Å². The minimum Gasteiger partial charge on any atom is -0.393 e. The standard InChI is InChI=1S/C12H24N6/c1-5-16-11(14-2)10(13)12(15-3)18-8-6-17(4)7-9-18/h5,14H,6-9,13H2,1-4H3/b11-10+,15-12?,16-5+. The van der Waals surface area contributed by atoms with Crippen LogP contribution in [0.15, 0.2) is 21.5 Å². The van der Waals surface area contributed by atoms with Crippen LogP contribution in [0.3, 0.4) is 0 Å². The molecule has 1 heterocycles. The second kappa shape index (κ2) is 7.00. The van der Waals surface area contributed by atoms with E-state index in [9.17, 15) is 0 Å². The van der Waals surface area contributed by atoms with E-state index in [4.69, 9.17) is 5.73 Å². The van der Waals surface area contributed by atoms with Crippen molar-refractivity contribution in [3.8, 4) is 0 Å². The van der Waals surface area contributed by atoms with E-state index in [1.165, 1.54) is 0 Å². The molecule has 1 aliphatic heterocycles. The van der Waals surface area contributed by atoms with Gasteiger partial charge in [-0.2, -0.15) is 0 Å². The summed E-state index contributed by atoms with van der Waals surface area (Å²) in [6.45, 7) is 5.80. The molecule has 0 saturated carbocycles. The Morgan fingerprint density at radius 1 is 1.28 bits per heavy atom. The van der Waals surface area contributed by atoms with Gasteiger partial charge in [-0.05, 0) is 14.0 Å². The predicted molar refractivity (Wildman–Crippen MR) is 76.9 cm³/mol. The van der Waals surface area contributed by atoms with E-state index in [1.54, 1.807) is 13.3 Å². The first-order valence-corrected chi connectivity index (χ1v) is 6.20. The molecule has 18 heavy (non-hydrogen) atoms. The first kappa shape index (κ1) is 14.5. The maximum atomic E-state index is 6.15. The zero-order chi connectivity index (χ0) is 13.5. The minimum atomic E-state index is 0.600. The van der Waals surface area contributed by atoms with Gasteiger partial charge < -0.3 is 20.9 Å². The number of likely N-dealkylation sites (N-methyl/N-ethyl adjacent to an activating group) is 1. The van der Waals surface area contributed by atoms with Crippen LogP contribution in [0.2, 0.25) is 0 Å². The van der Waals surface area contributed by atoms with Gasteiger partial charge in [-0.3, -0.25) is 4.99 Å². The molecule has 0 radical (unpaired) electrons. The molecule has 0 bridgehead atoms. The number of nitrogens with two attached hydrogens (primary N) is 1. The fourth-order valence-corrected chi connectivity index (χ4v) is 1.95. The fourth-order valence-electron chi connectivity index (χ4n) is 1.95. The van der Waals surface area contributed by atoms with Crippen LogP contribution in [-0.2, 0) is 0 Å².